The van der Waals surface area contributed by atoms with Crippen LogP contribution in [0.15, 0.2) is 23.1 Å². The van der Waals surface area contributed by atoms with Crippen molar-refractivity contribution >= 4 is 34.7 Å². The van der Waals surface area contributed by atoms with E-state index in [0.717, 1.165) is 28.4 Å². The Kier molecular flexibility index (Phi) is 7.34. The summed E-state index contributed by atoms with van der Waals surface area (Å²) in [5.74, 6) is 0.999. The Morgan fingerprint density at radius 3 is 2.65 bits per heavy atom. The van der Waals surface area contributed by atoms with Crippen LogP contribution in [0.1, 0.15) is 26.3 Å². The van der Waals surface area contributed by atoms with E-state index in [4.69, 9.17) is 22.7 Å². The molecule has 1 aromatic carbocycles. The molecule has 1 rings (SSSR count). The van der Waals surface area contributed by atoms with Gasteiger partial charge in [-0.15, -0.1) is 11.8 Å². The summed E-state index contributed by atoms with van der Waals surface area (Å²) in [6, 6.07) is 6.60. The molecule has 0 aliphatic heterocycles. The zero-order chi connectivity index (χ0) is 15.1. The predicted octanol–water partition coefficient (Wildman–Crippen LogP) is 3.29. The highest BCUT2D eigenvalue weighted by Gasteiger charge is 2.18. The largest absolute Gasteiger partial charge is 0.389 e. The Balaban J connectivity index is 3.25. The van der Waals surface area contributed by atoms with Gasteiger partial charge in [0, 0.05) is 35.8 Å². The Morgan fingerprint density at radius 2 is 2.15 bits per heavy atom. The number of rotatable bonds is 8. The van der Waals surface area contributed by atoms with E-state index < -0.39 is 0 Å². The monoisotopic (exact) mass is 312 g/mol. The van der Waals surface area contributed by atoms with E-state index in [1.54, 1.807) is 18.9 Å². The first-order valence-electron chi connectivity index (χ1n) is 6.84. The minimum atomic E-state index is 0.361. The van der Waals surface area contributed by atoms with Gasteiger partial charge in [-0.05, 0) is 31.7 Å². The van der Waals surface area contributed by atoms with Crippen molar-refractivity contribution in [2.24, 2.45) is 5.73 Å². The molecule has 5 heteroatoms. The molecule has 0 fully saturated rings. The molecule has 0 heterocycles. The maximum Gasteiger partial charge on any atom is 0.107 e. The van der Waals surface area contributed by atoms with Crippen LogP contribution >= 0.6 is 24.0 Å². The molecule has 0 saturated heterocycles. The second-order valence-electron chi connectivity index (χ2n) is 4.73. The smallest absolute Gasteiger partial charge is 0.107 e. The Bertz CT molecular complexity index is 449. The lowest BCUT2D eigenvalue weighted by atomic mass is 10.1. The van der Waals surface area contributed by atoms with Crippen LogP contribution in [-0.4, -0.2) is 37.0 Å². The number of anilines is 1. The second-order valence-corrected chi connectivity index (χ2v) is 6.47. The predicted molar refractivity (Wildman–Crippen MR) is 93.1 cm³/mol. The third-order valence-electron chi connectivity index (χ3n) is 3.02. The van der Waals surface area contributed by atoms with E-state index in [1.807, 2.05) is 0 Å². The number of methoxy groups -OCH3 is 1. The standard InChI is InChI=1S/C15H24N2OS2/c1-5-20-13-8-6-7-12(14(13)15(16)19)17(11(2)3)9-10-18-4/h6-8,11H,5,9-10H2,1-4H3,(H2,16,19). The van der Waals surface area contributed by atoms with Crippen molar-refractivity contribution in [3.05, 3.63) is 23.8 Å². The van der Waals surface area contributed by atoms with Crippen molar-refractivity contribution in [2.75, 3.05) is 30.9 Å². The van der Waals surface area contributed by atoms with Crippen LogP contribution in [0.2, 0.25) is 0 Å². The highest BCUT2D eigenvalue weighted by atomic mass is 32.2. The number of ether oxygens (including phenoxy) is 1. The summed E-state index contributed by atoms with van der Waals surface area (Å²) in [5, 5.41) is 0. The van der Waals surface area contributed by atoms with Gasteiger partial charge in [0.15, 0.2) is 0 Å². The maximum absolute atomic E-state index is 5.97. The normalized spacial score (nSPS) is 10.8. The fraction of sp³-hybridized carbons (Fsp3) is 0.533. The molecular formula is C15H24N2OS2. The van der Waals surface area contributed by atoms with Crippen molar-refractivity contribution in [3.8, 4) is 0 Å². The summed E-state index contributed by atoms with van der Waals surface area (Å²) in [6.45, 7) is 7.97. The van der Waals surface area contributed by atoms with Gasteiger partial charge in [0.2, 0.25) is 0 Å². The van der Waals surface area contributed by atoms with Crippen LogP contribution in [0, 0.1) is 0 Å². The number of hydrogen-bond acceptors (Lipinski definition) is 4. The Labute approximate surface area is 131 Å². The molecule has 0 radical (unpaired) electrons. The molecule has 0 bridgehead atoms. The molecule has 0 spiro atoms. The van der Waals surface area contributed by atoms with Gasteiger partial charge in [-0.2, -0.15) is 0 Å². The summed E-state index contributed by atoms with van der Waals surface area (Å²) in [6.07, 6.45) is 0. The molecule has 112 valence electrons. The summed E-state index contributed by atoms with van der Waals surface area (Å²) in [4.78, 5) is 3.90. The molecule has 20 heavy (non-hydrogen) atoms. The number of nitrogens with two attached hydrogens (primary N) is 1. The van der Waals surface area contributed by atoms with E-state index in [1.165, 1.54) is 0 Å². The summed E-state index contributed by atoms with van der Waals surface area (Å²) in [5.41, 5.74) is 8.06. The van der Waals surface area contributed by atoms with Gasteiger partial charge in [0.1, 0.15) is 4.99 Å². The number of thioether (sulfide) groups is 1. The number of thiocarbonyl (C=S) groups is 1. The minimum absolute atomic E-state index is 0.361. The highest BCUT2D eigenvalue weighted by molar-refractivity contribution is 7.99. The quantitative estimate of drug-likeness (QED) is 0.589. The number of hydrogen-bond donors (Lipinski definition) is 1. The van der Waals surface area contributed by atoms with E-state index in [9.17, 15) is 0 Å². The molecule has 0 atom stereocenters. The topological polar surface area (TPSA) is 38.5 Å². The average Bonchev–Trinajstić information content (AvgIpc) is 2.39. The summed E-state index contributed by atoms with van der Waals surface area (Å²) >= 11 is 7.05. The second kappa shape index (κ2) is 8.49. The first kappa shape index (κ1) is 17.3. The van der Waals surface area contributed by atoms with E-state index in [2.05, 4.69) is 43.9 Å². The lowest BCUT2D eigenvalue weighted by Crippen LogP contribution is -2.35. The van der Waals surface area contributed by atoms with E-state index >= 15 is 0 Å². The molecule has 0 unspecified atom stereocenters. The first-order chi connectivity index (χ1) is 9.52. The van der Waals surface area contributed by atoms with E-state index in [-0.39, 0.29) is 0 Å². The van der Waals surface area contributed by atoms with Crippen molar-refractivity contribution in [3.63, 3.8) is 0 Å². The fourth-order valence-corrected chi connectivity index (χ4v) is 3.25. The first-order valence-corrected chi connectivity index (χ1v) is 8.23. The lowest BCUT2D eigenvalue weighted by Gasteiger charge is -2.31. The zero-order valence-electron chi connectivity index (χ0n) is 12.7. The third kappa shape index (κ3) is 4.36. The minimum Gasteiger partial charge on any atom is -0.389 e. The highest BCUT2D eigenvalue weighted by Crippen LogP contribution is 2.31. The van der Waals surface area contributed by atoms with Crippen LogP contribution < -0.4 is 10.6 Å². The van der Waals surface area contributed by atoms with Gasteiger partial charge in [-0.1, -0.05) is 25.2 Å². The zero-order valence-corrected chi connectivity index (χ0v) is 14.3. The van der Waals surface area contributed by atoms with Crippen molar-refractivity contribution in [2.45, 2.75) is 31.7 Å². The summed E-state index contributed by atoms with van der Waals surface area (Å²) in [7, 11) is 1.72. The molecule has 3 nitrogen and oxygen atoms in total. The van der Waals surface area contributed by atoms with E-state index in [0.29, 0.717) is 17.6 Å². The molecule has 1 aromatic rings. The van der Waals surface area contributed by atoms with Gasteiger partial charge < -0.3 is 15.4 Å². The van der Waals surface area contributed by atoms with Crippen molar-refractivity contribution < 1.29 is 4.74 Å². The van der Waals surface area contributed by atoms with Crippen molar-refractivity contribution in [1.29, 1.82) is 0 Å². The average molecular weight is 313 g/mol. The molecule has 2 N–H and O–H groups in total. The van der Waals surface area contributed by atoms with Crippen LogP contribution in [0.4, 0.5) is 5.69 Å². The maximum atomic E-state index is 5.97. The Hall–Kier alpha value is -0.780. The van der Waals surface area contributed by atoms with Gasteiger partial charge in [-0.3, -0.25) is 0 Å². The lowest BCUT2D eigenvalue weighted by molar-refractivity contribution is 0.204. The van der Waals surface area contributed by atoms with Gasteiger partial charge in [0.25, 0.3) is 0 Å². The van der Waals surface area contributed by atoms with Crippen molar-refractivity contribution in [1.82, 2.24) is 0 Å². The molecular weight excluding hydrogens is 288 g/mol. The van der Waals surface area contributed by atoms with Gasteiger partial charge in [0.05, 0.1) is 6.61 Å². The number of benzene rings is 1. The van der Waals surface area contributed by atoms with Gasteiger partial charge >= 0.3 is 0 Å². The van der Waals surface area contributed by atoms with Crippen LogP contribution in [0.25, 0.3) is 0 Å². The molecule has 0 aromatic heterocycles. The molecule has 0 saturated carbocycles. The Morgan fingerprint density at radius 1 is 1.45 bits per heavy atom. The summed E-state index contributed by atoms with van der Waals surface area (Å²) < 4.78 is 5.21. The van der Waals surface area contributed by atoms with Crippen LogP contribution in [0.3, 0.4) is 0 Å². The molecule has 0 amide bonds. The third-order valence-corrected chi connectivity index (χ3v) is 4.16. The SMILES string of the molecule is CCSc1cccc(N(CCOC)C(C)C)c1C(N)=S. The van der Waals surface area contributed by atoms with Crippen LogP contribution in [-0.2, 0) is 4.74 Å². The van der Waals surface area contributed by atoms with Gasteiger partial charge in [-0.25, -0.2) is 0 Å². The van der Waals surface area contributed by atoms with Crippen LogP contribution in [0.5, 0.6) is 0 Å². The number of nitrogens with zero attached hydrogens (tertiary/aromatic N) is 1. The molecule has 0 aliphatic carbocycles. The fourth-order valence-electron chi connectivity index (χ4n) is 2.13. The molecule has 0 aliphatic rings.